The number of benzene rings is 1. The summed E-state index contributed by atoms with van der Waals surface area (Å²) in [5.41, 5.74) is 0.432. The Hall–Kier alpha value is -1.53. The van der Waals surface area contributed by atoms with Gasteiger partial charge < -0.3 is 10.6 Å². The van der Waals surface area contributed by atoms with Gasteiger partial charge in [0.2, 0.25) is 5.91 Å². The third kappa shape index (κ3) is 6.23. The van der Waals surface area contributed by atoms with Gasteiger partial charge in [-0.1, -0.05) is 0 Å². The lowest BCUT2D eigenvalue weighted by atomic mass is 9.93. The number of halogens is 2. The molecule has 1 aromatic rings. The van der Waals surface area contributed by atoms with E-state index < -0.39 is 11.6 Å². The van der Waals surface area contributed by atoms with Crippen LogP contribution in [0.5, 0.6) is 0 Å². The topological polar surface area (TPSA) is 44.4 Å². The first-order chi connectivity index (χ1) is 11.1. The van der Waals surface area contributed by atoms with Crippen LogP contribution in [-0.4, -0.2) is 44.0 Å². The highest BCUT2D eigenvalue weighted by Crippen LogP contribution is 2.19. The van der Waals surface area contributed by atoms with Crippen LogP contribution in [0.25, 0.3) is 0 Å². The summed E-state index contributed by atoms with van der Waals surface area (Å²) in [5, 5.41) is 5.89. The van der Waals surface area contributed by atoms with Crippen LogP contribution in [0.15, 0.2) is 18.2 Å². The van der Waals surface area contributed by atoms with Gasteiger partial charge in [-0.2, -0.15) is 0 Å². The zero-order chi connectivity index (χ0) is 16.7. The molecule has 0 spiro atoms. The van der Waals surface area contributed by atoms with Crippen LogP contribution in [0.2, 0.25) is 0 Å². The molecule has 0 radical (unpaired) electrons. The normalized spacial score (nSPS) is 16.5. The van der Waals surface area contributed by atoms with Crippen molar-refractivity contribution in [1.29, 1.82) is 0 Å². The van der Waals surface area contributed by atoms with E-state index in [0.29, 0.717) is 12.1 Å². The summed E-state index contributed by atoms with van der Waals surface area (Å²) in [7, 11) is 1.96. The highest BCUT2D eigenvalue weighted by Gasteiger charge is 2.20. The summed E-state index contributed by atoms with van der Waals surface area (Å²) >= 11 is 0. The quantitative estimate of drug-likeness (QED) is 0.805. The number of piperidine rings is 1. The van der Waals surface area contributed by atoms with Crippen LogP contribution in [0.1, 0.15) is 24.8 Å². The summed E-state index contributed by atoms with van der Waals surface area (Å²) in [6.07, 6.45) is 3.41. The molecule has 1 fully saturated rings. The number of rotatable bonds is 7. The summed E-state index contributed by atoms with van der Waals surface area (Å²) in [6.45, 7) is 3.38. The van der Waals surface area contributed by atoms with Gasteiger partial charge in [0, 0.05) is 12.6 Å². The van der Waals surface area contributed by atoms with E-state index in [1.807, 2.05) is 7.05 Å². The van der Waals surface area contributed by atoms with E-state index in [4.69, 9.17) is 0 Å². The van der Waals surface area contributed by atoms with Gasteiger partial charge in [0.05, 0.1) is 6.54 Å². The molecule has 0 bridgehead atoms. The lowest BCUT2D eigenvalue weighted by molar-refractivity contribution is -0.122. The number of nitrogens with one attached hydrogen (secondary N) is 2. The fraction of sp³-hybridized carbons (Fsp3) is 0.588. The molecule has 2 rings (SSSR count). The molecule has 1 saturated heterocycles. The highest BCUT2D eigenvalue weighted by molar-refractivity contribution is 5.78. The van der Waals surface area contributed by atoms with Crippen molar-refractivity contribution >= 4 is 5.91 Å². The standard InChI is InChI=1S/C17H25F2N3O/c1-20-5-2-13-3-6-22(7-4-13)12-17(23)21-11-14-8-15(18)10-16(19)9-14/h8-10,13,20H,2-7,11-12H2,1H3,(H,21,23). The molecular formula is C17H25F2N3O. The fourth-order valence-corrected chi connectivity index (χ4v) is 2.95. The maximum absolute atomic E-state index is 13.1. The zero-order valence-electron chi connectivity index (χ0n) is 13.6. The molecule has 0 saturated carbocycles. The third-order valence-electron chi connectivity index (χ3n) is 4.29. The maximum atomic E-state index is 13.1. The van der Waals surface area contributed by atoms with E-state index in [9.17, 15) is 13.6 Å². The van der Waals surface area contributed by atoms with Gasteiger partial charge >= 0.3 is 0 Å². The van der Waals surface area contributed by atoms with Crippen molar-refractivity contribution in [2.75, 3.05) is 33.2 Å². The number of nitrogens with zero attached hydrogens (tertiary/aromatic N) is 1. The van der Waals surface area contributed by atoms with Crippen molar-refractivity contribution in [2.45, 2.75) is 25.8 Å². The van der Waals surface area contributed by atoms with Crippen molar-refractivity contribution in [3.63, 3.8) is 0 Å². The van der Waals surface area contributed by atoms with E-state index in [1.165, 1.54) is 18.6 Å². The first-order valence-corrected chi connectivity index (χ1v) is 8.15. The second-order valence-corrected chi connectivity index (χ2v) is 6.17. The Balaban J connectivity index is 1.69. The lowest BCUT2D eigenvalue weighted by Crippen LogP contribution is -2.41. The number of hydrogen-bond donors (Lipinski definition) is 2. The Morgan fingerprint density at radius 2 is 1.87 bits per heavy atom. The smallest absolute Gasteiger partial charge is 0.234 e. The van der Waals surface area contributed by atoms with Crippen molar-refractivity contribution in [2.24, 2.45) is 5.92 Å². The number of likely N-dealkylation sites (tertiary alicyclic amines) is 1. The first-order valence-electron chi connectivity index (χ1n) is 8.15. The van der Waals surface area contributed by atoms with Crippen LogP contribution >= 0.6 is 0 Å². The molecule has 0 aromatic heterocycles. The van der Waals surface area contributed by atoms with E-state index in [0.717, 1.165) is 44.5 Å². The average molecular weight is 325 g/mol. The highest BCUT2D eigenvalue weighted by atomic mass is 19.1. The zero-order valence-corrected chi connectivity index (χ0v) is 13.6. The molecule has 1 amide bonds. The van der Waals surface area contributed by atoms with E-state index >= 15 is 0 Å². The molecule has 6 heteroatoms. The molecule has 0 unspecified atom stereocenters. The molecule has 4 nitrogen and oxygen atoms in total. The van der Waals surface area contributed by atoms with Crippen molar-refractivity contribution in [3.8, 4) is 0 Å². The van der Waals surface area contributed by atoms with Gasteiger partial charge in [-0.25, -0.2) is 8.78 Å². The van der Waals surface area contributed by atoms with Crippen molar-refractivity contribution < 1.29 is 13.6 Å². The molecule has 1 aromatic carbocycles. The Bertz CT molecular complexity index is 496. The number of carbonyl (C=O) groups excluding carboxylic acids is 1. The molecule has 1 aliphatic rings. The van der Waals surface area contributed by atoms with Gasteiger partial charge in [-0.3, -0.25) is 9.69 Å². The Labute approximate surface area is 136 Å². The van der Waals surface area contributed by atoms with E-state index in [2.05, 4.69) is 15.5 Å². The number of carbonyl (C=O) groups is 1. The molecule has 128 valence electrons. The molecule has 23 heavy (non-hydrogen) atoms. The van der Waals surface area contributed by atoms with Crippen LogP contribution in [0.4, 0.5) is 8.78 Å². The second-order valence-electron chi connectivity index (χ2n) is 6.17. The van der Waals surface area contributed by atoms with Gasteiger partial charge in [0.1, 0.15) is 11.6 Å². The Morgan fingerprint density at radius 3 is 2.48 bits per heavy atom. The Morgan fingerprint density at radius 1 is 1.22 bits per heavy atom. The van der Waals surface area contributed by atoms with Crippen LogP contribution in [-0.2, 0) is 11.3 Å². The minimum atomic E-state index is -0.627. The van der Waals surface area contributed by atoms with Crippen LogP contribution in [0.3, 0.4) is 0 Å². The van der Waals surface area contributed by atoms with Gasteiger partial charge in [0.25, 0.3) is 0 Å². The average Bonchev–Trinajstić information content (AvgIpc) is 2.51. The molecule has 1 aliphatic heterocycles. The molecular weight excluding hydrogens is 300 g/mol. The maximum Gasteiger partial charge on any atom is 0.234 e. The molecule has 2 N–H and O–H groups in total. The molecule has 0 atom stereocenters. The Kier molecular flexibility index (Phi) is 6.92. The summed E-state index contributed by atoms with van der Waals surface area (Å²) < 4.78 is 26.2. The predicted octanol–water partition coefficient (Wildman–Crippen LogP) is 1.90. The van der Waals surface area contributed by atoms with Crippen LogP contribution < -0.4 is 10.6 Å². The molecule has 1 heterocycles. The van der Waals surface area contributed by atoms with Gasteiger partial charge in [-0.05, 0) is 69.6 Å². The lowest BCUT2D eigenvalue weighted by Gasteiger charge is -2.31. The fourth-order valence-electron chi connectivity index (χ4n) is 2.95. The largest absolute Gasteiger partial charge is 0.351 e. The van der Waals surface area contributed by atoms with Gasteiger partial charge in [0.15, 0.2) is 0 Å². The summed E-state index contributed by atoms with van der Waals surface area (Å²) in [5.74, 6) is -0.629. The minimum absolute atomic E-state index is 0.108. The summed E-state index contributed by atoms with van der Waals surface area (Å²) in [6, 6.07) is 3.29. The SMILES string of the molecule is CNCCC1CCN(CC(=O)NCc2cc(F)cc(F)c2)CC1. The van der Waals surface area contributed by atoms with E-state index in [1.54, 1.807) is 0 Å². The third-order valence-corrected chi connectivity index (χ3v) is 4.29. The molecule has 0 aliphatic carbocycles. The minimum Gasteiger partial charge on any atom is -0.351 e. The number of amides is 1. The monoisotopic (exact) mass is 325 g/mol. The van der Waals surface area contributed by atoms with Crippen molar-refractivity contribution in [3.05, 3.63) is 35.4 Å². The van der Waals surface area contributed by atoms with Crippen molar-refractivity contribution in [1.82, 2.24) is 15.5 Å². The van der Waals surface area contributed by atoms with E-state index in [-0.39, 0.29) is 12.5 Å². The van der Waals surface area contributed by atoms with Gasteiger partial charge in [-0.15, -0.1) is 0 Å². The number of hydrogen-bond acceptors (Lipinski definition) is 3. The van der Waals surface area contributed by atoms with Crippen LogP contribution in [0, 0.1) is 17.6 Å². The first kappa shape index (κ1) is 17.8. The predicted molar refractivity (Wildman–Crippen MR) is 85.9 cm³/mol. The summed E-state index contributed by atoms with van der Waals surface area (Å²) in [4.78, 5) is 14.1. The second kappa shape index (κ2) is 8.93.